The fraction of sp³-hybridized carbons (Fsp3) is 0.667. The molecule has 0 saturated carbocycles. The Bertz CT molecular complexity index is 111. The number of aliphatic hydroxyl groups excluding tert-OH is 1. The lowest BCUT2D eigenvalue weighted by molar-refractivity contribution is 0.0946. The van der Waals surface area contributed by atoms with E-state index in [9.17, 15) is 0 Å². The van der Waals surface area contributed by atoms with E-state index in [-0.39, 0.29) is 5.60 Å². The average molecular weight is 114 g/mol. The molecule has 0 atom stereocenters. The summed E-state index contributed by atoms with van der Waals surface area (Å²) in [7, 11) is 0. The van der Waals surface area contributed by atoms with Gasteiger partial charge in [0.15, 0.2) is 12.2 Å². The van der Waals surface area contributed by atoms with Gasteiger partial charge in [0.25, 0.3) is 0 Å². The second-order valence-electron chi connectivity index (χ2n) is 2.43. The molecule has 0 spiro atoms. The molecule has 8 heavy (non-hydrogen) atoms. The Labute approximate surface area is 49.5 Å². The Morgan fingerprint density at radius 2 is 1.88 bits per heavy atom. The summed E-state index contributed by atoms with van der Waals surface area (Å²) in [6, 6.07) is 0. The summed E-state index contributed by atoms with van der Waals surface area (Å²) in [4.78, 5) is 0. The second kappa shape index (κ2) is 2.46. The molecule has 0 bridgehead atoms. The molecule has 0 aliphatic heterocycles. The van der Waals surface area contributed by atoms with Crippen LogP contribution in [0.5, 0.6) is 0 Å². The molecule has 1 N–H and O–H groups in total. The van der Waals surface area contributed by atoms with E-state index in [1.165, 1.54) is 0 Å². The molecule has 0 fully saturated rings. The molecule has 0 saturated heterocycles. The molecular formula is C6H10O2. The van der Waals surface area contributed by atoms with Gasteiger partial charge >= 0.3 is 0 Å². The predicted octanol–water partition coefficient (Wildman–Crippen LogP) is 1.09. The van der Waals surface area contributed by atoms with Crippen LogP contribution in [0.15, 0.2) is 0 Å². The van der Waals surface area contributed by atoms with Crippen LogP contribution in [0, 0.1) is 12.2 Å². The maximum absolute atomic E-state index is 7.94. The van der Waals surface area contributed by atoms with E-state index in [0.717, 1.165) is 0 Å². The molecule has 0 aromatic carbocycles. The Balaban J connectivity index is 3.50. The molecule has 0 aromatic rings. The van der Waals surface area contributed by atoms with Crippen molar-refractivity contribution in [2.75, 3.05) is 0 Å². The van der Waals surface area contributed by atoms with Crippen LogP contribution in [0.1, 0.15) is 20.8 Å². The zero-order chi connectivity index (χ0) is 6.62. The van der Waals surface area contributed by atoms with Crippen molar-refractivity contribution in [3.63, 3.8) is 0 Å². The van der Waals surface area contributed by atoms with Gasteiger partial charge in [0.1, 0.15) is 5.60 Å². The molecule has 0 radical (unpaired) electrons. The molecule has 0 heterocycles. The van der Waals surface area contributed by atoms with Crippen molar-refractivity contribution in [2.24, 2.45) is 0 Å². The molecule has 2 nitrogen and oxygen atoms in total. The lowest BCUT2D eigenvalue weighted by atomic mass is 10.2. The topological polar surface area (TPSA) is 29.5 Å². The minimum absolute atomic E-state index is 0.282. The first kappa shape index (κ1) is 7.16. The first-order valence-electron chi connectivity index (χ1n) is 2.38. The van der Waals surface area contributed by atoms with Gasteiger partial charge in [-0.15, -0.1) is 0 Å². The van der Waals surface area contributed by atoms with Gasteiger partial charge in [0.2, 0.25) is 0 Å². The van der Waals surface area contributed by atoms with E-state index in [1.54, 1.807) is 6.11 Å². The fourth-order valence-corrected chi connectivity index (χ4v) is 0.176. The summed E-state index contributed by atoms with van der Waals surface area (Å²) < 4.78 is 4.77. The average Bonchev–Trinajstić information content (AvgIpc) is 1.59. The molecule has 0 unspecified atom stereocenters. The van der Waals surface area contributed by atoms with Gasteiger partial charge in [0, 0.05) is 0 Å². The summed E-state index contributed by atoms with van der Waals surface area (Å²) in [6.07, 6.45) is 3.75. The number of rotatable bonds is 0. The van der Waals surface area contributed by atoms with Gasteiger partial charge in [-0.25, -0.2) is 0 Å². The SMILES string of the molecule is CC(C)(C)OC#CO. The monoisotopic (exact) mass is 114 g/mol. The Morgan fingerprint density at radius 1 is 1.38 bits per heavy atom. The van der Waals surface area contributed by atoms with Crippen LogP contribution in [0.2, 0.25) is 0 Å². The molecule has 0 aromatic heterocycles. The number of hydrogen-bond donors (Lipinski definition) is 1. The zero-order valence-corrected chi connectivity index (χ0v) is 5.36. The standard InChI is InChI=1S/C6H10O2/c1-6(2,3)8-5-4-7/h7H,1-3H3. The fourth-order valence-electron chi connectivity index (χ4n) is 0.176. The van der Waals surface area contributed by atoms with Gasteiger partial charge in [-0.2, -0.15) is 0 Å². The highest BCUT2D eigenvalue weighted by Gasteiger charge is 2.07. The largest absolute Gasteiger partial charge is 0.460 e. The summed E-state index contributed by atoms with van der Waals surface area (Å²) in [5, 5.41) is 7.94. The van der Waals surface area contributed by atoms with Crippen LogP contribution in [0.25, 0.3) is 0 Å². The molecule has 0 rings (SSSR count). The molecule has 0 amide bonds. The zero-order valence-electron chi connectivity index (χ0n) is 5.36. The Kier molecular flexibility index (Phi) is 2.20. The summed E-state index contributed by atoms with van der Waals surface area (Å²) >= 11 is 0. The van der Waals surface area contributed by atoms with E-state index >= 15 is 0 Å². The van der Waals surface area contributed by atoms with Crippen LogP contribution in [0.3, 0.4) is 0 Å². The lowest BCUT2D eigenvalue weighted by Gasteiger charge is -2.13. The van der Waals surface area contributed by atoms with Gasteiger partial charge in [-0.05, 0) is 20.8 Å². The predicted molar refractivity (Wildman–Crippen MR) is 30.5 cm³/mol. The minimum atomic E-state index is -0.282. The van der Waals surface area contributed by atoms with E-state index in [4.69, 9.17) is 9.84 Å². The highest BCUT2D eigenvalue weighted by Crippen LogP contribution is 2.03. The van der Waals surface area contributed by atoms with Crippen LogP contribution >= 0.6 is 0 Å². The molecule has 0 aliphatic carbocycles. The minimum Gasteiger partial charge on any atom is -0.460 e. The third kappa shape index (κ3) is 5.16. The maximum Gasteiger partial charge on any atom is 0.155 e. The van der Waals surface area contributed by atoms with Gasteiger partial charge in [-0.1, -0.05) is 0 Å². The number of ether oxygens (including phenoxy) is 1. The normalized spacial score (nSPS) is 9.38. The van der Waals surface area contributed by atoms with Crippen molar-refractivity contribution in [3.8, 4) is 12.2 Å². The van der Waals surface area contributed by atoms with Gasteiger partial charge in [-0.3, -0.25) is 0 Å². The van der Waals surface area contributed by atoms with Crippen molar-refractivity contribution in [1.29, 1.82) is 0 Å². The first-order chi connectivity index (χ1) is 3.56. The summed E-state index contributed by atoms with van der Waals surface area (Å²) in [5.74, 6) is 0. The van der Waals surface area contributed by atoms with Crippen LogP contribution < -0.4 is 0 Å². The van der Waals surface area contributed by atoms with Gasteiger partial charge < -0.3 is 9.84 Å². The summed E-state index contributed by atoms with van der Waals surface area (Å²) in [5.41, 5.74) is -0.282. The third-order valence-corrected chi connectivity index (χ3v) is 0.403. The smallest absolute Gasteiger partial charge is 0.155 e. The quantitative estimate of drug-likeness (QED) is 0.478. The summed E-state index contributed by atoms with van der Waals surface area (Å²) in [6.45, 7) is 5.58. The van der Waals surface area contributed by atoms with Crippen molar-refractivity contribution in [1.82, 2.24) is 0 Å². The maximum atomic E-state index is 7.94. The van der Waals surface area contributed by atoms with Crippen molar-refractivity contribution < 1.29 is 9.84 Å². The molecule has 46 valence electrons. The highest BCUT2D eigenvalue weighted by atomic mass is 16.5. The van der Waals surface area contributed by atoms with Crippen molar-refractivity contribution >= 4 is 0 Å². The third-order valence-electron chi connectivity index (χ3n) is 0.403. The highest BCUT2D eigenvalue weighted by molar-refractivity contribution is 4.81. The van der Waals surface area contributed by atoms with E-state index < -0.39 is 0 Å². The van der Waals surface area contributed by atoms with E-state index in [2.05, 4.69) is 6.11 Å². The number of hydrogen-bond acceptors (Lipinski definition) is 2. The van der Waals surface area contributed by atoms with Crippen molar-refractivity contribution in [2.45, 2.75) is 26.4 Å². The molecule has 2 heteroatoms. The number of aliphatic hydroxyl groups is 1. The van der Waals surface area contributed by atoms with Crippen LogP contribution in [-0.2, 0) is 4.74 Å². The Hall–Kier alpha value is -0.840. The van der Waals surface area contributed by atoms with E-state index in [1.807, 2.05) is 20.8 Å². The van der Waals surface area contributed by atoms with Crippen LogP contribution in [-0.4, -0.2) is 10.7 Å². The van der Waals surface area contributed by atoms with Crippen molar-refractivity contribution in [3.05, 3.63) is 0 Å². The lowest BCUT2D eigenvalue weighted by Crippen LogP contribution is -2.15. The van der Waals surface area contributed by atoms with Crippen LogP contribution in [0.4, 0.5) is 0 Å². The Morgan fingerprint density at radius 3 is 2.00 bits per heavy atom. The second-order valence-corrected chi connectivity index (χ2v) is 2.43. The van der Waals surface area contributed by atoms with Gasteiger partial charge in [0.05, 0.1) is 0 Å². The molecular weight excluding hydrogens is 104 g/mol. The molecule has 0 aliphatic rings. The van der Waals surface area contributed by atoms with E-state index in [0.29, 0.717) is 0 Å². The first-order valence-corrected chi connectivity index (χ1v) is 2.38.